The average Bonchev–Trinajstić information content (AvgIpc) is 3.27. The van der Waals surface area contributed by atoms with E-state index in [4.69, 9.17) is 10.2 Å². The van der Waals surface area contributed by atoms with Crippen LogP contribution in [0.2, 0.25) is 0 Å². The fourth-order valence-corrected chi connectivity index (χ4v) is 3.01. The van der Waals surface area contributed by atoms with E-state index in [9.17, 15) is 14.7 Å². The number of urea groups is 1. The summed E-state index contributed by atoms with van der Waals surface area (Å²) in [5.41, 5.74) is 5.76. The minimum absolute atomic E-state index is 0.0713. The molecule has 0 saturated carbocycles. The predicted octanol–water partition coefficient (Wildman–Crippen LogP) is 1.89. The Labute approximate surface area is 144 Å². The first-order chi connectivity index (χ1) is 12.0. The molecular weight excluding hydrogens is 324 g/mol. The maximum absolute atomic E-state index is 12.5. The van der Waals surface area contributed by atoms with Gasteiger partial charge in [-0.15, -0.1) is 0 Å². The molecule has 3 rings (SSSR count). The van der Waals surface area contributed by atoms with E-state index in [2.05, 4.69) is 10.3 Å². The summed E-state index contributed by atoms with van der Waals surface area (Å²) in [6.07, 6.45) is 4.28. The Morgan fingerprint density at radius 1 is 1.44 bits per heavy atom. The Bertz CT molecular complexity index is 730. The van der Waals surface area contributed by atoms with E-state index in [1.807, 2.05) is 0 Å². The van der Waals surface area contributed by atoms with Crippen LogP contribution in [-0.2, 0) is 0 Å². The fraction of sp³-hybridized carbons (Fsp3) is 0.353. The molecule has 3 amide bonds. The first-order valence-corrected chi connectivity index (χ1v) is 8.09. The molecule has 1 aliphatic heterocycles. The summed E-state index contributed by atoms with van der Waals surface area (Å²) < 4.78 is 5.21. The number of aromatic nitrogens is 1. The van der Waals surface area contributed by atoms with Crippen molar-refractivity contribution in [1.29, 1.82) is 0 Å². The van der Waals surface area contributed by atoms with Gasteiger partial charge in [-0.2, -0.15) is 0 Å². The maximum Gasteiger partial charge on any atom is 0.322 e. The Hall–Kier alpha value is -2.87. The second-order valence-electron chi connectivity index (χ2n) is 5.98. The minimum Gasteiger partial charge on any atom is -0.467 e. The van der Waals surface area contributed by atoms with Gasteiger partial charge < -0.3 is 25.5 Å². The number of nitrogens with two attached hydrogens (primary N) is 1. The number of primary amides is 1. The van der Waals surface area contributed by atoms with Crippen LogP contribution in [0.4, 0.5) is 10.5 Å². The van der Waals surface area contributed by atoms with Gasteiger partial charge in [-0.25, -0.2) is 9.78 Å². The Morgan fingerprint density at radius 2 is 2.28 bits per heavy atom. The van der Waals surface area contributed by atoms with E-state index in [1.54, 1.807) is 23.1 Å². The van der Waals surface area contributed by atoms with Gasteiger partial charge in [0.15, 0.2) is 0 Å². The molecule has 4 N–H and O–H groups in total. The van der Waals surface area contributed by atoms with Crippen LogP contribution >= 0.6 is 0 Å². The zero-order valence-corrected chi connectivity index (χ0v) is 13.6. The van der Waals surface area contributed by atoms with Gasteiger partial charge in [0, 0.05) is 19.0 Å². The van der Waals surface area contributed by atoms with Crippen molar-refractivity contribution in [3.63, 3.8) is 0 Å². The molecule has 2 aromatic rings. The molecule has 1 fully saturated rings. The Morgan fingerprint density at radius 3 is 2.92 bits per heavy atom. The zero-order chi connectivity index (χ0) is 17.8. The minimum atomic E-state index is -0.745. The third-order valence-electron chi connectivity index (χ3n) is 4.27. The molecular formula is C17H20N4O4. The molecule has 1 saturated heterocycles. The molecule has 25 heavy (non-hydrogen) atoms. The molecule has 1 aliphatic rings. The van der Waals surface area contributed by atoms with Crippen molar-refractivity contribution in [2.45, 2.75) is 31.4 Å². The molecule has 132 valence electrons. The predicted molar refractivity (Wildman–Crippen MR) is 89.8 cm³/mol. The number of hydrogen-bond donors (Lipinski definition) is 3. The highest BCUT2D eigenvalue weighted by molar-refractivity contribution is 5.92. The summed E-state index contributed by atoms with van der Waals surface area (Å²) in [5, 5.41) is 13.0. The second kappa shape index (κ2) is 7.35. The molecule has 3 heterocycles. The van der Waals surface area contributed by atoms with Gasteiger partial charge >= 0.3 is 6.03 Å². The molecule has 0 radical (unpaired) electrons. The van der Waals surface area contributed by atoms with Gasteiger partial charge in [0.2, 0.25) is 0 Å². The number of nitrogens with zero attached hydrogens (tertiary/aromatic N) is 2. The number of anilines is 1. The van der Waals surface area contributed by atoms with Crippen molar-refractivity contribution in [2.75, 3.05) is 11.9 Å². The number of aliphatic hydroxyl groups is 1. The monoisotopic (exact) mass is 344 g/mol. The van der Waals surface area contributed by atoms with Crippen LogP contribution in [0, 0.1) is 0 Å². The Balaban J connectivity index is 1.61. The summed E-state index contributed by atoms with van der Waals surface area (Å²) in [6.45, 7) is 0.619. The van der Waals surface area contributed by atoms with Gasteiger partial charge in [0.25, 0.3) is 5.91 Å². The summed E-state index contributed by atoms with van der Waals surface area (Å²) in [6, 6.07) is 6.14. The summed E-state index contributed by atoms with van der Waals surface area (Å²) in [4.78, 5) is 29.1. The normalized spacial score (nSPS) is 18.1. The highest BCUT2D eigenvalue weighted by Crippen LogP contribution is 2.28. The number of likely N-dealkylation sites (tertiary alicyclic amines) is 1. The molecule has 0 bridgehead atoms. The van der Waals surface area contributed by atoms with E-state index in [0.29, 0.717) is 24.4 Å². The lowest BCUT2D eigenvalue weighted by Gasteiger charge is -2.26. The first kappa shape index (κ1) is 17.0. The van der Waals surface area contributed by atoms with Crippen LogP contribution in [0.5, 0.6) is 0 Å². The molecule has 2 aromatic heterocycles. The molecule has 0 aromatic carbocycles. The van der Waals surface area contributed by atoms with Gasteiger partial charge in [0.05, 0.1) is 18.1 Å². The van der Waals surface area contributed by atoms with E-state index < -0.39 is 12.0 Å². The number of nitrogens with one attached hydrogen (secondary N) is 1. The number of furan rings is 1. The summed E-state index contributed by atoms with van der Waals surface area (Å²) in [7, 11) is 0. The van der Waals surface area contributed by atoms with Crippen LogP contribution in [0.1, 0.15) is 41.6 Å². The van der Waals surface area contributed by atoms with Crippen molar-refractivity contribution >= 4 is 17.6 Å². The van der Waals surface area contributed by atoms with Gasteiger partial charge in [-0.1, -0.05) is 0 Å². The van der Waals surface area contributed by atoms with Gasteiger partial charge in [0.1, 0.15) is 17.6 Å². The van der Waals surface area contributed by atoms with Crippen molar-refractivity contribution < 1.29 is 19.1 Å². The van der Waals surface area contributed by atoms with Crippen molar-refractivity contribution in [3.8, 4) is 0 Å². The number of rotatable bonds is 5. The highest BCUT2D eigenvalue weighted by atomic mass is 16.4. The van der Waals surface area contributed by atoms with E-state index in [-0.39, 0.29) is 17.8 Å². The smallest absolute Gasteiger partial charge is 0.322 e. The van der Waals surface area contributed by atoms with Crippen LogP contribution < -0.4 is 11.1 Å². The molecule has 0 unspecified atom stereocenters. The van der Waals surface area contributed by atoms with E-state index in [0.717, 1.165) is 12.8 Å². The topological polar surface area (TPSA) is 122 Å². The molecule has 2 atom stereocenters. The standard InChI is InChI=1S/C17H20N4O4/c18-16(23)13-6-5-11(10-19-13)20-17(24)21-7-1-3-12(21)9-14(22)15-4-2-8-25-15/h2,4-6,8,10,12,14,22H,1,3,7,9H2,(H2,18,23)(H,20,24)/t12-,14+/m0/s1. The summed E-state index contributed by atoms with van der Waals surface area (Å²) >= 11 is 0. The lowest BCUT2D eigenvalue weighted by molar-refractivity contribution is 0.0995. The molecule has 0 aliphatic carbocycles. The number of aliphatic hydroxyl groups excluding tert-OH is 1. The van der Waals surface area contributed by atoms with Crippen LogP contribution in [0.25, 0.3) is 0 Å². The van der Waals surface area contributed by atoms with E-state index >= 15 is 0 Å². The first-order valence-electron chi connectivity index (χ1n) is 8.09. The average molecular weight is 344 g/mol. The van der Waals surface area contributed by atoms with Crippen molar-refractivity contribution in [3.05, 3.63) is 48.2 Å². The number of hydrogen-bond acceptors (Lipinski definition) is 5. The number of amides is 3. The quantitative estimate of drug-likeness (QED) is 0.764. The lowest BCUT2D eigenvalue weighted by atomic mass is 10.1. The SMILES string of the molecule is NC(=O)c1ccc(NC(=O)N2CCC[C@H]2C[C@@H](O)c2ccco2)cn1. The van der Waals surface area contributed by atoms with Crippen LogP contribution in [-0.4, -0.2) is 39.5 Å². The van der Waals surface area contributed by atoms with Crippen molar-refractivity contribution in [2.24, 2.45) is 5.73 Å². The second-order valence-corrected chi connectivity index (χ2v) is 5.98. The third kappa shape index (κ3) is 3.97. The molecule has 8 heteroatoms. The summed E-state index contributed by atoms with van der Waals surface area (Å²) in [5.74, 6) is -0.122. The largest absolute Gasteiger partial charge is 0.467 e. The Kier molecular flexibility index (Phi) is 4.99. The van der Waals surface area contributed by atoms with Crippen molar-refractivity contribution in [1.82, 2.24) is 9.88 Å². The zero-order valence-electron chi connectivity index (χ0n) is 13.6. The van der Waals surface area contributed by atoms with Gasteiger partial charge in [-0.05, 0) is 37.1 Å². The van der Waals surface area contributed by atoms with Crippen LogP contribution in [0.3, 0.4) is 0 Å². The van der Waals surface area contributed by atoms with Gasteiger partial charge in [-0.3, -0.25) is 4.79 Å². The fourth-order valence-electron chi connectivity index (χ4n) is 3.01. The lowest BCUT2D eigenvalue weighted by Crippen LogP contribution is -2.39. The van der Waals surface area contributed by atoms with Crippen LogP contribution in [0.15, 0.2) is 41.1 Å². The third-order valence-corrected chi connectivity index (χ3v) is 4.27. The molecule has 0 spiro atoms. The highest BCUT2D eigenvalue weighted by Gasteiger charge is 2.31. The maximum atomic E-state index is 12.5. The van der Waals surface area contributed by atoms with E-state index in [1.165, 1.54) is 18.5 Å². The molecule has 8 nitrogen and oxygen atoms in total. The number of pyridine rings is 1. The number of carbonyl (C=O) groups excluding carboxylic acids is 2. The number of carbonyl (C=O) groups is 2.